The van der Waals surface area contributed by atoms with Crippen LogP contribution in [0.5, 0.6) is 5.75 Å². The normalized spacial score (nSPS) is 12.0. The quantitative estimate of drug-likeness (QED) is 0.536. The molecule has 1 heterocycles. The van der Waals surface area contributed by atoms with Gasteiger partial charge in [0.1, 0.15) is 11.3 Å². The van der Waals surface area contributed by atoms with Crippen LogP contribution in [0.4, 0.5) is 0 Å². The van der Waals surface area contributed by atoms with Gasteiger partial charge in [-0.15, -0.1) is 0 Å². The van der Waals surface area contributed by atoms with E-state index in [1.807, 2.05) is 36.4 Å². The minimum absolute atomic E-state index is 0.437. The van der Waals surface area contributed by atoms with Crippen molar-refractivity contribution in [3.05, 3.63) is 64.5 Å². The predicted octanol–water partition coefficient (Wildman–Crippen LogP) is 3.71. The molecule has 5 nitrogen and oxygen atoms in total. The Bertz CT molecular complexity index is 973. The van der Waals surface area contributed by atoms with Crippen LogP contribution in [0.3, 0.4) is 0 Å². The van der Waals surface area contributed by atoms with Gasteiger partial charge >= 0.3 is 11.6 Å². The number of methoxy groups -OCH3 is 1. The highest BCUT2D eigenvalue weighted by Gasteiger charge is 2.18. The summed E-state index contributed by atoms with van der Waals surface area (Å²) in [6.45, 7) is 3.39. The summed E-state index contributed by atoms with van der Waals surface area (Å²) in [7, 11) is 1.31. The van der Waals surface area contributed by atoms with Gasteiger partial charge in [0.2, 0.25) is 0 Å². The molecule has 0 bridgehead atoms. The van der Waals surface area contributed by atoms with Gasteiger partial charge in [0.05, 0.1) is 7.11 Å². The highest BCUT2D eigenvalue weighted by molar-refractivity contribution is 5.95. The van der Waals surface area contributed by atoms with Crippen molar-refractivity contribution in [1.82, 2.24) is 0 Å². The Balaban J connectivity index is 2.14. The Hall–Kier alpha value is -3.08. The van der Waals surface area contributed by atoms with E-state index in [0.29, 0.717) is 16.9 Å². The summed E-state index contributed by atoms with van der Waals surface area (Å²) < 4.78 is 15.7. The maximum Gasteiger partial charge on any atom is 0.346 e. The van der Waals surface area contributed by atoms with Gasteiger partial charge in [0.15, 0.2) is 6.10 Å². The Labute approximate surface area is 144 Å². The molecule has 0 amide bonds. The largest absolute Gasteiger partial charge is 0.479 e. The highest BCUT2D eigenvalue weighted by atomic mass is 16.6. The second kappa shape index (κ2) is 6.81. The lowest BCUT2D eigenvalue weighted by atomic mass is 10.00. The van der Waals surface area contributed by atoms with Crippen molar-refractivity contribution in [2.24, 2.45) is 0 Å². The number of hydrogen-bond acceptors (Lipinski definition) is 5. The predicted molar refractivity (Wildman–Crippen MR) is 94.8 cm³/mol. The maximum absolute atomic E-state index is 12.0. The molecule has 3 aromatic rings. The molecule has 1 aromatic heterocycles. The Morgan fingerprint density at radius 2 is 1.84 bits per heavy atom. The van der Waals surface area contributed by atoms with Crippen molar-refractivity contribution in [2.75, 3.05) is 7.11 Å². The molecule has 3 rings (SSSR count). The SMILES string of the molecule is COC(=O)C(C)Oc1ccc2c(-c3ccccc3)cc(=O)oc2c1C. The van der Waals surface area contributed by atoms with E-state index in [-0.39, 0.29) is 0 Å². The molecule has 0 saturated heterocycles. The summed E-state index contributed by atoms with van der Waals surface area (Å²) in [6.07, 6.45) is -0.759. The first kappa shape index (κ1) is 16.8. The van der Waals surface area contributed by atoms with Crippen molar-refractivity contribution >= 4 is 16.9 Å². The monoisotopic (exact) mass is 338 g/mol. The fourth-order valence-corrected chi connectivity index (χ4v) is 2.73. The smallest absolute Gasteiger partial charge is 0.346 e. The maximum atomic E-state index is 12.0. The Morgan fingerprint density at radius 1 is 1.12 bits per heavy atom. The van der Waals surface area contributed by atoms with Crippen LogP contribution in [-0.2, 0) is 9.53 Å². The van der Waals surface area contributed by atoms with Crippen LogP contribution in [0.25, 0.3) is 22.1 Å². The van der Waals surface area contributed by atoms with E-state index < -0.39 is 17.7 Å². The van der Waals surface area contributed by atoms with E-state index >= 15 is 0 Å². The summed E-state index contributed by atoms with van der Waals surface area (Å²) in [5.41, 5.74) is 2.38. The van der Waals surface area contributed by atoms with E-state index in [2.05, 4.69) is 4.74 Å². The van der Waals surface area contributed by atoms with Crippen molar-refractivity contribution in [1.29, 1.82) is 0 Å². The van der Waals surface area contributed by atoms with Gasteiger partial charge in [-0.1, -0.05) is 30.3 Å². The molecule has 1 atom stereocenters. The molecule has 0 N–H and O–H groups in total. The Kier molecular flexibility index (Phi) is 4.57. The molecule has 25 heavy (non-hydrogen) atoms. The van der Waals surface area contributed by atoms with Gasteiger partial charge < -0.3 is 13.9 Å². The standard InChI is InChI=1S/C20H18O5/c1-12-17(24-13(2)20(22)23-3)10-9-15-16(11-18(21)25-19(12)15)14-7-5-4-6-8-14/h4-11,13H,1-3H3. The van der Waals surface area contributed by atoms with Crippen LogP contribution in [0, 0.1) is 6.92 Å². The summed E-state index contributed by atoms with van der Waals surface area (Å²) in [6, 6.07) is 14.7. The van der Waals surface area contributed by atoms with Crippen molar-refractivity contribution in [2.45, 2.75) is 20.0 Å². The number of fused-ring (bicyclic) bond motifs is 1. The first-order chi connectivity index (χ1) is 12.0. The average Bonchev–Trinajstić information content (AvgIpc) is 2.63. The topological polar surface area (TPSA) is 65.7 Å². The first-order valence-electron chi connectivity index (χ1n) is 7.88. The van der Waals surface area contributed by atoms with Gasteiger partial charge in [0.25, 0.3) is 0 Å². The lowest BCUT2D eigenvalue weighted by Gasteiger charge is -2.16. The van der Waals surface area contributed by atoms with Gasteiger partial charge in [-0.2, -0.15) is 0 Å². The molecule has 0 fully saturated rings. The Morgan fingerprint density at radius 3 is 2.52 bits per heavy atom. The number of carbonyl (C=O) groups is 1. The molecular formula is C20H18O5. The van der Waals surface area contributed by atoms with Gasteiger partial charge in [0, 0.05) is 17.0 Å². The van der Waals surface area contributed by atoms with Crippen LogP contribution in [0.1, 0.15) is 12.5 Å². The molecule has 128 valence electrons. The fourth-order valence-electron chi connectivity index (χ4n) is 2.73. The van der Waals surface area contributed by atoms with Crippen molar-refractivity contribution in [3.8, 4) is 16.9 Å². The molecule has 0 spiro atoms. The molecule has 0 saturated carbocycles. The molecule has 5 heteroatoms. The summed E-state index contributed by atoms with van der Waals surface area (Å²) >= 11 is 0. The minimum atomic E-state index is -0.759. The van der Waals surface area contributed by atoms with Crippen LogP contribution >= 0.6 is 0 Å². The number of benzene rings is 2. The van der Waals surface area contributed by atoms with E-state index in [0.717, 1.165) is 16.5 Å². The zero-order chi connectivity index (χ0) is 18.0. The molecule has 0 aliphatic rings. The van der Waals surface area contributed by atoms with E-state index in [4.69, 9.17) is 9.15 Å². The van der Waals surface area contributed by atoms with Crippen LogP contribution in [0.15, 0.2) is 57.7 Å². The van der Waals surface area contributed by atoms with E-state index in [1.54, 1.807) is 19.9 Å². The lowest BCUT2D eigenvalue weighted by molar-refractivity contribution is -0.147. The fraction of sp³-hybridized carbons (Fsp3) is 0.200. The zero-order valence-electron chi connectivity index (χ0n) is 14.2. The van der Waals surface area contributed by atoms with Crippen molar-refractivity contribution < 1.29 is 18.7 Å². The highest BCUT2D eigenvalue weighted by Crippen LogP contribution is 2.33. The summed E-state index contributed by atoms with van der Waals surface area (Å²) in [4.78, 5) is 23.6. The van der Waals surface area contributed by atoms with Crippen LogP contribution < -0.4 is 10.4 Å². The third-order valence-electron chi connectivity index (χ3n) is 4.03. The molecular weight excluding hydrogens is 320 g/mol. The van der Waals surface area contributed by atoms with Gasteiger partial charge in [-0.3, -0.25) is 0 Å². The number of carbonyl (C=O) groups excluding carboxylic acids is 1. The number of hydrogen-bond donors (Lipinski definition) is 0. The average molecular weight is 338 g/mol. The number of esters is 1. The minimum Gasteiger partial charge on any atom is -0.479 e. The van der Waals surface area contributed by atoms with E-state index in [9.17, 15) is 9.59 Å². The van der Waals surface area contributed by atoms with Crippen LogP contribution in [-0.4, -0.2) is 19.2 Å². The molecule has 0 radical (unpaired) electrons. The zero-order valence-corrected chi connectivity index (χ0v) is 14.2. The second-order valence-corrected chi connectivity index (χ2v) is 5.69. The number of aryl methyl sites for hydroxylation is 1. The molecule has 1 unspecified atom stereocenters. The van der Waals surface area contributed by atoms with Gasteiger partial charge in [-0.25, -0.2) is 9.59 Å². The first-order valence-corrected chi connectivity index (χ1v) is 7.88. The molecule has 0 aliphatic carbocycles. The summed E-state index contributed by atoms with van der Waals surface area (Å²) in [5, 5.41) is 0.807. The number of rotatable bonds is 4. The van der Waals surface area contributed by atoms with Gasteiger partial charge in [-0.05, 0) is 37.1 Å². The number of ether oxygens (including phenoxy) is 2. The summed E-state index contributed by atoms with van der Waals surface area (Å²) in [5.74, 6) is -0.00209. The molecule has 0 aliphatic heterocycles. The second-order valence-electron chi connectivity index (χ2n) is 5.69. The van der Waals surface area contributed by atoms with Crippen molar-refractivity contribution in [3.63, 3.8) is 0 Å². The van der Waals surface area contributed by atoms with Crippen LogP contribution in [0.2, 0.25) is 0 Å². The third-order valence-corrected chi connectivity index (χ3v) is 4.03. The van der Waals surface area contributed by atoms with E-state index in [1.165, 1.54) is 13.2 Å². The lowest BCUT2D eigenvalue weighted by Crippen LogP contribution is -2.25. The molecule has 2 aromatic carbocycles. The third kappa shape index (κ3) is 3.26.